The second kappa shape index (κ2) is 8.59. The summed E-state index contributed by atoms with van der Waals surface area (Å²) in [5.41, 5.74) is 2.61. The van der Waals surface area contributed by atoms with Crippen molar-refractivity contribution < 1.29 is 9.18 Å². The first kappa shape index (κ1) is 18.7. The Bertz CT molecular complexity index is 777. The fraction of sp³-hybridized carbons (Fsp3) is 0.455. The van der Waals surface area contributed by atoms with Gasteiger partial charge in [0.2, 0.25) is 0 Å². The smallest absolute Gasteiger partial charge is 0.272 e. The lowest BCUT2D eigenvalue weighted by Gasteiger charge is -2.36. The van der Waals surface area contributed by atoms with Gasteiger partial charge in [0.15, 0.2) is 0 Å². The predicted octanol–water partition coefficient (Wildman–Crippen LogP) is 3.56. The number of hydrogen-bond acceptors (Lipinski definition) is 4. The fourth-order valence-corrected chi connectivity index (χ4v) is 4.01. The van der Waals surface area contributed by atoms with Crippen LogP contribution in [0.2, 0.25) is 0 Å². The summed E-state index contributed by atoms with van der Waals surface area (Å²) in [5.74, 6) is -0.242. The lowest BCUT2D eigenvalue weighted by atomic mass is 10.2. The van der Waals surface area contributed by atoms with Gasteiger partial charge < -0.3 is 14.7 Å². The van der Waals surface area contributed by atoms with Crippen molar-refractivity contribution in [1.29, 1.82) is 0 Å². The minimum atomic E-state index is -0.229. The number of halogens is 1. The molecule has 0 spiro atoms. The Labute approximate surface area is 165 Å². The molecule has 0 aliphatic carbocycles. The Morgan fingerprint density at radius 2 is 1.36 bits per heavy atom. The zero-order chi connectivity index (χ0) is 19.3. The van der Waals surface area contributed by atoms with E-state index in [0.29, 0.717) is 18.8 Å². The van der Waals surface area contributed by atoms with Gasteiger partial charge in [0.25, 0.3) is 5.91 Å². The number of piperazine rings is 1. The zero-order valence-corrected chi connectivity index (χ0v) is 16.2. The molecule has 3 heterocycles. The number of aromatic nitrogens is 1. The van der Waals surface area contributed by atoms with Gasteiger partial charge >= 0.3 is 0 Å². The van der Waals surface area contributed by atoms with Gasteiger partial charge in [0, 0.05) is 45.0 Å². The van der Waals surface area contributed by atoms with E-state index >= 15 is 0 Å². The maximum Gasteiger partial charge on any atom is 0.272 e. The lowest BCUT2D eigenvalue weighted by molar-refractivity contribution is 0.0741. The average molecular weight is 382 g/mol. The number of amides is 1. The van der Waals surface area contributed by atoms with Gasteiger partial charge in [-0.15, -0.1) is 0 Å². The minimum absolute atomic E-state index is 0.0128. The Morgan fingerprint density at radius 3 is 1.96 bits per heavy atom. The van der Waals surface area contributed by atoms with E-state index in [2.05, 4.69) is 14.8 Å². The highest BCUT2D eigenvalue weighted by Gasteiger charge is 2.23. The van der Waals surface area contributed by atoms with Crippen molar-refractivity contribution in [1.82, 2.24) is 9.88 Å². The molecule has 148 valence electrons. The van der Waals surface area contributed by atoms with Crippen LogP contribution in [0.15, 0.2) is 42.6 Å². The van der Waals surface area contributed by atoms with Crippen LogP contribution in [0.3, 0.4) is 0 Å². The predicted molar refractivity (Wildman–Crippen MR) is 109 cm³/mol. The van der Waals surface area contributed by atoms with Crippen LogP contribution >= 0.6 is 0 Å². The highest BCUT2D eigenvalue weighted by atomic mass is 19.1. The number of nitrogens with zero attached hydrogens (tertiary/aromatic N) is 4. The van der Waals surface area contributed by atoms with Crippen LogP contribution in [0.5, 0.6) is 0 Å². The molecule has 2 aromatic rings. The van der Waals surface area contributed by atoms with Gasteiger partial charge in [-0.1, -0.05) is 12.8 Å². The molecule has 2 aliphatic rings. The molecule has 0 atom stereocenters. The van der Waals surface area contributed by atoms with Crippen LogP contribution in [0, 0.1) is 5.82 Å². The number of hydrogen-bond donors (Lipinski definition) is 0. The molecule has 2 aliphatic heterocycles. The first-order valence-electron chi connectivity index (χ1n) is 10.2. The summed E-state index contributed by atoms with van der Waals surface area (Å²) in [6.07, 6.45) is 6.88. The molecular formula is C22H27FN4O. The number of carbonyl (C=O) groups excluding carboxylic acids is 1. The fourth-order valence-electron chi connectivity index (χ4n) is 4.01. The van der Waals surface area contributed by atoms with E-state index in [9.17, 15) is 9.18 Å². The van der Waals surface area contributed by atoms with E-state index < -0.39 is 0 Å². The summed E-state index contributed by atoms with van der Waals surface area (Å²) < 4.78 is 13.1. The molecule has 1 amide bonds. The van der Waals surface area contributed by atoms with Gasteiger partial charge in [0.1, 0.15) is 11.5 Å². The topological polar surface area (TPSA) is 39.7 Å². The number of rotatable bonds is 3. The first-order chi connectivity index (χ1) is 13.7. The standard InChI is InChI=1S/C22H27FN4O/c23-18-5-7-19(8-6-18)26-13-15-27(16-14-26)22(28)21-10-9-20(17-24-21)25-11-3-1-2-4-12-25/h5-10,17H,1-4,11-16H2. The van der Waals surface area contributed by atoms with Crippen LogP contribution in [0.4, 0.5) is 15.8 Å². The Kier molecular flexibility index (Phi) is 5.74. The molecule has 1 aromatic carbocycles. The molecule has 0 unspecified atom stereocenters. The third kappa shape index (κ3) is 4.26. The van der Waals surface area contributed by atoms with E-state index in [0.717, 1.165) is 37.6 Å². The second-order valence-electron chi connectivity index (χ2n) is 7.56. The van der Waals surface area contributed by atoms with Crippen molar-refractivity contribution in [2.24, 2.45) is 0 Å². The van der Waals surface area contributed by atoms with Crippen LogP contribution < -0.4 is 9.80 Å². The normalized spacial score (nSPS) is 18.1. The maximum atomic E-state index is 13.1. The summed E-state index contributed by atoms with van der Waals surface area (Å²) in [7, 11) is 0. The van der Waals surface area contributed by atoms with Crippen molar-refractivity contribution in [3.8, 4) is 0 Å². The molecule has 0 radical (unpaired) electrons. The van der Waals surface area contributed by atoms with Gasteiger partial charge in [-0.2, -0.15) is 0 Å². The van der Waals surface area contributed by atoms with Crippen molar-refractivity contribution >= 4 is 17.3 Å². The van der Waals surface area contributed by atoms with Crippen LogP contribution in [-0.2, 0) is 0 Å². The number of anilines is 2. The van der Waals surface area contributed by atoms with Gasteiger partial charge in [-0.3, -0.25) is 4.79 Å². The Morgan fingerprint density at radius 1 is 0.750 bits per heavy atom. The summed E-state index contributed by atoms with van der Waals surface area (Å²) >= 11 is 0. The zero-order valence-electron chi connectivity index (χ0n) is 16.2. The highest BCUT2D eigenvalue weighted by molar-refractivity contribution is 5.92. The van der Waals surface area contributed by atoms with Crippen LogP contribution in [0.25, 0.3) is 0 Å². The molecule has 0 bridgehead atoms. The molecule has 2 fully saturated rings. The minimum Gasteiger partial charge on any atom is -0.370 e. The van der Waals surface area contributed by atoms with Crippen molar-refractivity contribution in [3.63, 3.8) is 0 Å². The summed E-state index contributed by atoms with van der Waals surface area (Å²) in [5, 5.41) is 0. The number of carbonyl (C=O) groups is 1. The molecule has 6 heteroatoms. The largest absolute Gasteiger partial charge is 0.370 e. The van der Waals surface area contributed by atoms with Crippen molar-refractivity contribution in [2.75, 3.05) is 49.1 Å². The van der Waals surface area contributed by atoms with Gasteiger partial charge in [0.05, 0.1) is 11.9 Å². The maximum absolute atomic E-state index is 13.1. The lowest BCUT2D eigenvalue weighted by Crippen LogP contribution is -2.49. The first-order valence-corrected chi connectivity index (χ1v) is 10.2. The van der Waals surface area contributed by atoms with E-state index in [4.69, 9.17) is 0 Å². The number of benzene rings is 1. The molecular weight excluding hydrogens is 355 g/mol. The quantitative estimate of drug-likeness (QED) is 0.814. The molecule has 0 N–H and O–H groups in total. The van der Waals surface area contributed by atoms with E-state index in [1.165, 1.54) is 37.8 Å². The molecule has 28 heavy (non-hydrogen) atoms. The van der Waals surface area contributed by atoms with Crippen molar-refractivity contribution in [3.05, 3.63) is 54.1 Å². The van der Waals surface area contributed by atoms with Crippen LogP contribution in [-0.4, -0.2) is 55.1 Å². The van der Waals surface area contributed by atoms with Crippen molar-refractivity contribution in [2.45, 2.75) is 25.7 Å². The molecule has 1 aromatic heterocycles. The van der Waals surface area contributed by atoms with Gasteiger partial charge in [-0.05, 0) is 49.2 Å². The Balaban J connectivity index is 1.35. The average Bonchev–Trinajstić information content (AvgIpc) is 3.04. The second-order valence-corrected chi connectivity index (χ2v) is 7.56. The SMILES string of the molecule is O=C(c1ccc(N2CCCCCC2)cn1)N1CCN(c2ccc(F)cc2)CC1. The number of pyridine rings is 1. The van der Waals surface area contributed by atoms with Gasteiger partial charge in [-0.25, -0.2) is 9.37 Å². The molecule has 2 saturated heterocycles. The van der Waals surface area contributed by atoms with E-state index in [1.54, 1.807) is 12.1 Å². The molecule has 4 rings (SSSR count). The molecule has 5 nitrogen and oxygen atoms in total. The molecule has 0 saturated carbocycles. The summed E-state index contributed by atoms with van der Waals surface area (Å²) in [6, 6.07) is 10.4. The summed E-state index contributed by atoms with van der Waals surface area (Å²) in [4.78, 5) is 23.7. The highest BCUT2D eigenvalue weighted by Crippen LogP contribution is 2.20. The van der Waals surface area contributed by atoms with Crippen LogP contribution in [0.1, 0.15) is 36.2 Å². The van der Waals surface area contributed by atoms with E-state index in [1.807, 2.05) is 23.2 Å². The third-order valence-corrected chi connectivity index (χ3v) is 5.70. The van der Waals surface area contributed by atoms with E-state index in [-0.39, 0.29) is 11.7 Å². The Hall–Kier alpha value is -2.63. The monoisotopic (exact) mass is 382 g/mol. The third-order valence-electron chi connectivity index (χ3n) is 5.70. The summed E-state index contributed by atoms with van der Waals surface area (Å²) in [6.45, 7) is 4.91.